The maximum Gasteiger partial charge on any atom is 0.259 e. The second kappa shape index (κ2) is 8.93. The van der Waals surface area contributed by atoms with Gasteiger partial charge in [-0.25, -0.2) is 4.98 Å². The number of hydrogen-bond donors (Lipinski definition) is 1. The molecule has 2 aromatic rings. The quantitative estimate of drug-likeness (QED) is 0.840. The molecular weight excluding hydrogens is 366 g/mol. The van der Waals surface area contributed by atoms with Crippen LogP contribution in [0, 0.1) is 12.8 Å². The summed E-state index contributed by atoms with van der Waals surface area (Å²) < 4.78 is 6.24. The molecule has 156 valence electrons. The molecule has 0 fully saturated rings. The van der Waals surface area contributed by atoms with Gasteiger partial charge in [0, 0.05) is 30.8 Å². The lowest BCUT2D eigenvalue weighted by atomic mass is 9.99. The van der Waals surface area contributed by atoms with Gasteiger partial charge in [0.15, 0.2) is 0 Å². The Bertz CT molecular complexity index is 851. The maximum atomic E-state index is 13.4. The molecule has 0 saturated heterocycles. The summed E-state index contributed by atoms with van der Waals surface area (Å²) in [7, 11) is 4.01. The Kier molecular flexibility index (Phi) is 6.55. The molecule has 1 amide bonds. The Morgan fingerprint density at radius 1 is 1.28 bits per heavy atom. The molecule has 0 saturated carbocycles. The second-order valence-corrected chi connectivity index (χ2v) is 8.33. The van der Waals surface area contributed by atoms with E-state index in [0.29, 0.717) is 18.0 Å². The van der Waals surface area contributed by atoms with Gasteiger partial charge in [-0.15, -0.1) is 0 Å². The van der Waals surface area contributed by atoms with Crippen molar-refractivity contribution in [2.75, 3.05) is 33.8 Å². The van der Waals surface area contributed by atoms with E-state index in [2.05, 4.69) is 16.8 Å². The fourth-order valence-electron chi connectivity index (χ4n) is 3.58. The molecule has 1 N–H and O–H groups in total. The first kappa shape index (κ1) is 21.3. The van der Waals surface area contributed by atoms with Crippen LogP contribution in [-0.4, -0.2) is 71.7 Å². The van der Waals surface area contributed by atoms with Gasteiger partial charge in [-0.1, -0.05) is 36.8 Å². The summed E-state index contributed by atoms with van der Waals surface area (Å²) in [6.07, 6.45) is 1.65. The number of carbonyl (C=O) groups is 1. The summed E-state index contributed by atoms with van der Waals surface area (Å²) in [5, 5.41) is 9.72. The summed E-state index contributed by atoms with van der Waals surface area (Å²) in [5.41, 5.74) is 3.49. The summed E-state index contributed by atoms with van der Waals surface area (Å²) >= 11 is 0. The number of pyridine rings is 1. The van der Waals surface area contributed by atoms with E-state index in [1.165, 1.54) is 5.56 Å². The van der Waals surface area contributed by atoms with Gasteiger partial charge in [0.1, 0.15) is 11.7 Å². The SMILES string of the molecule is Cc1ccc(-c2cnc3c(c2)C(=O)N([C@H](C)CO)C[C@H](C)[C@H](CN(C)C)O3)cc1. The first-order valence-corrected chi connectivity index (χ1v) is 10.1. The fraction of sp³-hybridized carbons (Fsp3) is 0.478. The third-order valence-corrected chi connectivity index (χ3v) is 5.45. The van der Waals surface area contributed by atoms with E-state index in [-0.39, 0.29) is 30.6 Å². The largest absolute Gasteiger partial charge is 0.472 e. The van der Waals surface area contributed by atoms with Crippen LogP contribution in [0.5, 0.6) is 5.88 Å². The summed E-state index contributed by atoms with van der Waals surface area (Å²) in [4.78, 5) is 21.7. The number of benzene rings is 1. The number of likely N-dealkylation sites (N-methyl/N-ethyl adjacent to an activating group) is 1. The van der Waals surface area contributed by atoms with E-state index in [1.807, 2.05) is 58.3 Å². The van der Waals surface area contributed by atoms with Crippen molar-refractivity contribution in [3.05, 3.63) is 47.7 Å². The summed E-state index contributed by atoms with van der Waals surface area (Å²) in [6, 6.07) is 9.71. The van der Waals surface area contributed by atoms with Crippen molar-refractivity contribution in [3.63, 3.8) is 0 Å². The Morgan fingerprint density at radius 3 is 2.59 bits per heavy atom. The van der Waals surface area contributed by atoms with Crippen LogP contribution in [0.3, 0.4) is 0 Å². The molecule has 0 bridgehead atoms. The van der Waals surface area contributed by atoms with Crippen molar-refractivity contribution in [1.29, 1.82) is 0 Å². The fourth-order valence-corrected chi connectivity index (χ4v) is 3.58. The number of nitrogens with zero attached hydrogens (tertiary/aromatic N) is 3. The van der Waals surface area contributed by atoms with E-state index in [4.69, 9.17) is 4.74 Å². The lowest BCUT2D eigenvalue weighted by Gasteiger charge is -2.37. The minimum Gasteiger partial charge on any atom is -0.472 e. The third-order valence-electron chi connectivity index (χ3n) is 5.45. The lowest BCUT2D eigenvalue weighted by Crippen LogP contribution is -2.49. The van der Waals surface area contributed by atoms with Crippen molar-refractivity contribution in [2.24, 2.45) is 5.92 Å². The zero-order valence-corrected chi connectivity index (χ0v) is 17.9. The Labute approximate surface area is 173 Å². The number of aliphatic hydroxyl groups is 1. The maximum absolute atomic E-state index is 13.4. The minimum absolute atomic E-state index is 0.0852. The van der Waals surface area contributed by atoms with Crippen LogP contribution in [0.25, 0.3) is 11.1 Å². The number of ether oxygens (including phenoxy) is 1. The summed E-state index contributed by atoms with van der Waals surface area (Å²) in [6.45, 7) is 7.14. The number of aliphatic hydroxyl groups excluding tert-OH is 1. The average Bonchev–Trinajstić information content (AvgIpc) is 2.70. The highest BCUT2D eigenvalue weighted by Crippen LogP contribution is 2.30. The van der Waals surface area contributed by atoms with Crippen molar-refractivity contribution in [1.82, 2.24) is 14.8 Å². The van der Waals surface area contributed by atoms with Crippen LogP contribution < -0.4 is 4.74 Å². The van der Waals surface area contributed by atoms with Gasteiger partial charge in [0.05, 0.1) is 12.6 Å². The van der Waals surface area contributed by atoms with E-state index in [9.17, 15) is 9.90 Å². The zero-order chi connectivity index (χ0) is 21.1. The van der Waals surface area contributed by atoms with Crippen molar-refractivity contribution < 1.29 is 14.6 Å². The highest BCUT2D eigenvalue weighted by atomic mass is 16.5. The molecule has 1 aliphatic rings. The normalized spacial score (nSPS) is 20.7. The topological polar surface area (TPSA) is 65.9 Å². The highest BCUT2D eigenvalue weighted by molar-refractivity contribution is 5.98. The zero-order valence-electron chi connectivity index (χ0n) is 17.9. The first-order chi connectivity index (χ1) is 13.8. The smallest absolute Gasteiger partial charge is 0.259 e. The molecular formula is C23H31N3O3. The van der Waals surface area contributed by atoms with E-state index in [1.54, 1.807) is 11.1 Å². The highest BCUT2D eigenvalue weighted by Gasteiger charge is 2.33. The first-order valence-electron chi connectivity index (χ1n) is 10.1. The van der Waals surface area contributed by atoms with Crippen molar-refractivity contribution >= 4 is 5.91 Å². The Balaban J connectivity index is 2.06. The molecule has 0 unspecified atom stereocenters. The van der Waals surface area contributed by atoms with Crippen LogP contribution in [-0.2, 0) is 0 Å². The van der Waals surface area contributed by atoms with Crippen LogP contribution in [0.2, 0.25) is 0 Å². The molecule has 6 heteroatoms. The van der Waals surface area contributed by atoms with Gasteiger partial charge in [-0.05, 0) is 39.6 Å². The Morgan fingerprint density at radius 2 is 1.97 bits per heavy atom. The van der Waals surface area contributed by atoms with Crippen LogP contribution in [0.4, 0.5) is 0 Å². The molecule has 1 aromatic heterocycles. The van der Waals surface area contributed by atoms with E-state index < -0.39 is 0 Å². The number of carbonyl (C=O) groups excluding carboxylic acids is 1. The number of hydrogen-bond acceptors (Lipinski definition) is 5. The monoisotopic (exact) mass is 397 g/mol. The molecule has 0 radical (unpaired) electrons. The minimum atomic E-state index is -0.279. The molecule has 6 nitrogen and oxygen atoms in total. The van der Waals surface area contributed by atoms with Gasteiger partial charge in [0.2, 0.25) is 5.88 Å². The van der Waals surface area contributed by atoms with Crippen LogP contribution in [0.15, 0.2) is 36.5 Å². The van der Waals surface area contributed by atoms with Crippen molar-refractivity contribution in [2.45, 2.75) is 32.9 Å². The number of aromatic nitrogens is 1. The lowest BCUT2D eigenvalue weighted by molar-refractivity contribution is 0.0348. The van der Waals surface area contributed by atoms with E-state index in [0.717, 1.165) is 17.7 Å². The average molecular weight is 398 g/mol. The van der Waals surface area contributed by atoms with Crippen LogP contribution in [0.1, 0.15) is 29.8 Å². The summed E-state index contributed by atoms with van der Waals surface area (Å²) in [5.74, 6) is 0.305. The number of amides is 1. The van der Waals surface area contributed by atoms with E-state index >= 15 is 0 Å². The van der Waals surface area contributed by atoms with Gasteiger partial charge in [-0.2, -0.15) is 0 Å². The standard InChI is InChI=1S/C23H31N3O3/c1-15-6-8-18(9-7-15)19-10-20-22(24-11-19)29-21(13-25(4)5)16(2)12-26(23(20)28)17(3)14-27/h6-11,16-17,21,27H,12-14H2,1-5H3/t16-,17+,21-/m0/s1. The Hall–Kier alpha value is -2.44. The number of fused-ring (bicyclic) bond motifs is 1. The molecule has 29 heavy (non-hydrogen) atoms. The molecule has 3 atom stereocenters. The van der Waals surface area contributed by atoms with Gasteiger partial charge in [0.25, 0.3) is 5.91 Å². The molecule has 2 heterocycles. The third kappa shape index (κ3) is 4.77. The van der Waals surface area contributed by atoms with Gasteiger partial charge < -0.3 is 19.6 Å². The molecule has 3 rings (SSSR count). The predicted molar refractivity (Wildman–Crippen MR) is 114 cm³/mol. The van der Waals surface area contributed by atoms with Crippen LogP contribution >= 0.6 is 0 Å². The second-order valence-electron chi connectivity index (χ2n) is 8.33. The molecule has 0 aliphatic carbocycles. The molecule has 0 spiro atoms. The van der Waals surface area contributed by atoms with Gasteiger partial charge in [-0.3, -0.25) is 4.79 Å². The molecule has 1 aromatic carbocycles. The number of aryl methyl sites for hydroxylation is 1. The predicted octanol–water partition coefficient (Wildman–Crippen LogP) is 2.84. The van der Waals surface area contributed by atoms with Crippen molar-refractivity contribution in [3.8, 4) is 17.0 Å². The number of rotatable bonds is 5. The van der Waals surface area contributed by atoms with Gasteiger partial charge >= 0.3 is 0 Å². The molecule has 1 aliphatic heterocycles.